The molecule has 1 aliphatic rings. The Balaban J connectivity index is 0.00000165. The van der Waals surface area contributed by atoms with Gasteiger partial charge in [-0.25, -0.2) is 4.79 Å². The molecule has 38 heavy (non-hydrogen) atoms. The van der Waals surface area contributed by atoms with E-state index in [-0.39, 0.29) is 29.8 Å². The topological polar surface area (TPSA) is 110 Å². The number of alkyl halides is 1. The summed E-state index contributed by atoms with van der Waals surface area (Å²) in [6.07, 6.45) is 2.25. The fraction of sp³-hybridized carbons (Fsp3) is 0.444. The molecule has 0 atom stereocenters. The van der Waals surface area contributed by atoms with Crippen LogP contribution in [0.1, 0.15) is 33.4 Å². The molecule has 1 amide bonds. The van der Waals surface area contributed by atoms with Gasteiger partial charge in [-0.2, -0.15) is 0 Å². The van der Waals surface area contributed by atoms with E-state index in [1.807, 2.05) is 60.8 Å². The number of hydrogen-bond acceptors (Lipinski definition) is 8. The number of piperazine rings is 1. The zero-order valence-corrected chi connectivity index (χ0v) is 24.2. The summed E-state index contributed by atoms with van der Waals surface area (Å²) in [6, 6.07) is 11.4. The molecule has 2 aromatic heterocycles. The highest BCUT2D eigenvalue weighted by Crippen LogP contribution is 2.31. The maximum atomic E-state index is 13.7. The van der Waals surface area contributed by atoms with Crippen molar-refractivity contribution >= 4 is 51.4 Å². The van der Waals surface area contributed by atoms with Gasteiger partial charge in [-0.1, -0.05) is 24.3 Å². The number of fused-ring (bicyclic) bond motifs is 1. The zero-order chi connectivity index (χ0) is 26.9. The van der Waals surface area contributed by atoms with E-state index < -0.39 is 5.97 Å². The summed E-state index contributed by atoms with van der Waals surface area (Å²) in [4.78, 5) is 46.3. The number of carbonyl (C=O) groups excluding carboxylic acids is 2. The van der Waals surface area contributed by atoms with Crippen molar-refractivity contribution in [1.82, 2.24) is 20.5 Å². The molecule has 1 fully saturated rings. The summed E-state index contributed by atoms with van der Waals surface area (Å²) in [7, 11) is 3.99. The Kier molecular flexibility index (Phi) is 12.2. The van der Waals surface area contributed by atoms with Crippen molar-refractivity contribution in [2.24, 2.45) is 0 Å². The Morgan fingerprint density at radius 2 is 1.74 bits per heavy atom. The van der Waals surface area contributed by atoms with Crippen molar-refractivity contribution in [3.8, 4) is 0 Å². The van der Waals surface area contributed by atoms with E-state index in [0.717, 1.165) is 28.7 Å². The predicted molar refractivity (Wildman–Crippen MR) is 157 cm³/mol. The Bertz CT molecular complexity index is 1250. The lowest BCUT2D eigenvalue weighted by Crippen LogP contribution is -2.49. The number of carbonyl (C=O) groups is 2. The summed E-state index contributed by atoms with van der Waals surface area (Å²) in [5.41, 5.74) is 1.16. The van der Waals surface area contributed by atoms with Gasteiger partial charge in [0.05, 0.1) is 22.7 Å². The van der Waals surface area contributed by atoms with Gasteiger partial charge in [0.15, 0.2) is 0 Å². The minimum Gasteiger partial charge on any atom is -0.462 e. The van der Waals surface area contributed by atoms with Gasteiger partial charge in [-0.15, -0.1) is 22.9 Å². The van der Waals surface area contributed by atoms with Crippen molar-refractivity contribution < 1.29 is 14.3 Å². The molecule has 0 spiro atoms. The minimum atomic E-state index is -0.600. The second kappa shape index (κ2) is 14.9. The Labute approximate surface area is 233 Å². The molecule has 3 aromatic rings. The molecule has 0 unspecified atom stereocenters. The van der Waals surface area contributed by atoms with Gasteiger partial charge >= 0.3 is 5.97 Å². The molecule has 1 saturated heterocycles. The number of hydrogen-bond donors (Lipinski definition) is 1. The lowest BCUT2D eigenvalue weighted by atomic mass is 10.1. The molecule has 0 bridgehead atoms. The third-order valence-electron chi connectivity index (χ3n) is 6.23. The van der Waals surface area contributed by atoms with Crippen LogP contribution in [0.15, 0.2) is 46.6 Å². The molecule has 0 aliphatic carbocycles. The Morgan fingerprint density at radius 3 is 2.34 bits per heavy atom. The second-order valence-corrected chi connectivity index (χ2v) is 9.78. The number of para-hydroxylation sites is 1. The largest absolute Gasteiger partial charge is 0.462 e. The molecule has 1 aromatic carbocycles. The molecule has 208 valence electrons. The first-order valence-corrected chi connectivity index (χ1v) is 14.0. The van der Waals surface area contributed by atoms with Crippen LogP contribution in [0, 0.1) is 0 Å². The zero-order valence-electron chi connectivity index (χ0n) is 22.6. The van der Waals surface area contributed by atoms with Crippen molar-refractivity contribution in [1.29, 1.82) is 0 Å². The summed E-state index contributed by atoms with van der Waals surface area (Å²) >= 11 is 6.07. The minimum absolute atomic E-state index is 0. The van der Waals surface area contributed by atoms with E-state index in [1.165, 1.54) is 17.7 Å². The van der Waals surface area contributed by atoms with Crippen LogP contribution in [0.25, 0.3) is 10.9 Å². The van der Waals surface area contributed by atoms with Crippen LogP contribution in [0.3, 0.4) is 0 Å². The smallest absolute Gasteiger partial charge is 0.345 e. The van der Waals surface area contributed by atoms with Crippen molar-refractivity contribution in [3.05, 3.63) is 62.6 Å². The summed E-state index contributed by atoms with van der Waals surface area (Å²) in [5.74, 6) is -0.580. The van der Waals surface area contributed by atoms with Gasteiger partial charge in [-0.3, -0.25) is 9.59 Å². The molecule has 0 radical (unpaired) electrons. The number of aromatic nitrogens is 1. The Morgan fingerprint density at radius 1 is 1.05 bits per heavy atom. The van der Waals surface area contributed by atoms with E-state index in [9.17, 15) is 14.4 Å². The van der Waals surface area contributed by atoms with E-state index >= 15 is 0 Å². The first-order chi connectivity index (χ1) is 17.9. The molecule has 3 heterocycles. The summed E-state index contributed by atoms with van der Waals surface area (Å²) in [5, 5.41) is 2.74. The summed E-state index contributed by atoms with van der Waals surface area (Å²) in [6.45, 7) is 5.34. The van der Waals surface area contributed by atoms with Crippen molar-refractivity contribution in [2.45, 2.75) is 19.9 Å². The standard InChI is InChI=1S/C26H32N4O4S.CH3Cl.H3N/c1-4-34-26(33)22-23(28-14-16-29(17-15-28)24(31)21-11-7-18-35-21)19-9-5-6-10-20(19)30(25(22)32)13-8-12-27(2)3;1-2;/h5-7,9-11,18H,4,8,12-17H2,1-3H3;1H3;1H3. The van der Waals surface area contributed by atoms with Crippen molar-refractivity contribution in [2.75, 3.05) is 64.7 Å². The van der Waals surface area contributed by atoms with Gasteiger partial charge in [0.25, 0.3) is 11.5 Å². The molecule has 9 nitrogen and oxygen atoms in total. The molecule has 11 heteroatoms. The molecule has 4 rings (SSSR count). The molecule has 1 aliphatic heterocycles. The van der Waals surface area contributed by atoms with Gasteiger partial charge in [0.2, 0.25) is 0 Å². The SMILES string of the molecule is CCOC(=O)c1c(N2CCN(C(=O)c3cccs3)CC2)c2ccccc2n(CCCN(C)C)c1=O.CCl.N. The highest BCUT2D eigenvalue weighted by atomic mass is 35.5. The monoisotopic (exact) mass is 563 g/mol. The average Bonchev–Trinajstić information content (AvgIpc) is 3.45. The third kappa shape index (κ3) is 6.93. The molecular formula is C27H38ClN5O4S. The van der Waals surface area contributed by atoms with Gasteiger partial charge in [0, 0.05) is 44.5 Å². The number of thiophene rings is 1. The maximum Gasteiger partial charge on any atom is 0.345 e. The number of rotatable bonds is 8. The van der Waals surface area contributed by atoms with Crippen LogP contribution < -0.4 is 16.6 Å². The number of amides is 1. The number of pyridine rings is 1. The number of esters is 1. The average molecular weight is 564 g/mol. The maximum absolute atomic E-state index is 13.7. The number of halogens is 1. The number of ether oxygens (including phenoxy) is 1. The van der Waals surface area contributed by atoms with Crippen LogP contribution in [-0.4, -0.2) is 86.1 Å². The first kappa shape index (κ1) is 31.3. The van der Waals surface area contributed by atoms with Gasteiger partial charge in [-0.05, 0) is 51.5 Å². The third-order valence-corrected chi connectivity index (χ3v) is 7.09. The molecule has 0 saturated carbocycles. The van der Waals surface area contributed by atoms with Crippen LogP contribution in [0.4, 0.5) is 5.69 Å². The first-order valence-electron chi connectivity index (χ1n) is 12.3. The predicted octanol–water partition coefficient (Wildman–Crippen LogP) is 4.17. The van der Waals surface area contributed by atoms with E-state index in [4.69, 9.17) is 4.74 Å². The quantitative estimate of drug-likeness (QED) is 0.323. The van der Waals surface area contributed by atoms with Crippen LogP contribution >= 0.6 is 22.9 Å². The van der Waals surface area contributed by atoms with Gasteiger partial charge in [0.1, 0.15) is 5.56 Å². The van der Waals surface area contributed by atoms with Crippen LogP contribution in [0.2, 0.25) is 0 Å². The number of nitrogens with zero attached hydrogens (tertiary/aromatic N) is 4. The normalized spacial score (nSPS) is 13.1. The van der Waals surface area contributed by atoms with Gasteiger partial charge < -0.3 is 30.2 Å². The van der Waals surface area contributed by atoms with E-state index in [2.05, 4.69) is 21.4 Å². The second-order valence-electron chi connectivity index (χ2n) is 8.83. The lowest BCUT2D eigenvalue weighted by Gasteiger charge is -2.37. The fourth-order valence-corrected chi connectivity index (χ4v) is 5.25. The Hall–Kier alpha value is -2.92. The number of benzene rings is 1. The fourth-order valence-electron chi connectivity index (χ4n) is 4.56. The lowest BCUT2D eigenvalue weighted by molar-refractivity contribution is 0.0523. The highest BCUT2D eigenvalue weighted by Gasteiger charge is 2.30. The number of aryl methyl sites for hydroxylation is 1. The summed E-state index contributed by atoms with van der Waals surface area (Å²) < 4.78 is 7.04. The van der Waals surface area contributed by atoms with Crippen molar-refractivity contribution in [3.63, 3.8) is 0 Å². The number of anilines is 1. The molecular weight excluding hydrogens is 526 g/mol. The highest BCUT2D eigenvalue weighted by molar-refractivity contribution is 7.12. The van der Waals surface area contributed by atoms with Crippen LogP contribution in [0.5, 0.6) is 0 Å². The molecule has 3 N–H and O–H groups in total. The van der Waals surface area contributed by atoms with E-state index in [1.54, 1.807) is 11.5 Å². The van der Waals surface area contributed by atoms with Crippen LogP contribution in [-0.2, 0) is 11.3 Å². The van der Waals surface area contributed by atoms with E-state index in [0.29, 0.717) is 38.4 Å².